The first kappa shape index (κ1) is 15.4. The lowest BCUT2D eigenvalue weighted by Crippen LogP contribution is -2.34. The second kappa shape index (κ2) is 7.21. The van der Waals surface area contributed by atoms with E-state index in [2.05, 4.69) is 29.6 Å². The molecule has 0 bridgehead atoms. The lowest BCUT2D eigenvalue weighted by atomic mass is 9.84. The van der Waals surface area contributed by atoms with Crippen molar-refractivity contribution >= 4 is 11.3 Å². The SMILES string of the molecule is CCC1CCC(N(C)Cc2csc(CNC3CC3)n2)CC1. The molecule has 118 valence electrons. The molecule has 0 unspecified atom stereocenters. The molecule has 0 spiro atoms. The molecule has 0 saturated heterocycles. The van der Waals surface area contributed by atoms with Crippen LogP contribution in [-0.4, -0.2) is 29.0 Å². The third-order valence-corrected chi connectivity index (χ3v) is 6.04. The molecular formula is C17H29N3S. The molecule has 0 radical (unpaired) electrons. The van der Waals surface area contributed by atoms with Crippen molar-refractivity contribution in [3.05, 3.63) is 16.1 Å². The van der Waals surface area contributed by atoms with Gasteiger partial charge in [-0.25, -0.2) is 4.98 Å². The number of nitrogens with zero attached hydrogens (tertiary/aromatic N) is 2. The fourth-order valence-electron chi connectivity index (χ4n) is 3.40. The standard InChI is InChI=1S/C17H29N3S/c1-3-13-4-8-16(9-5-13)20(2)11-15-12-21-17(19-15)10-18-14-6-7-14/h12-14,16,18H,3-11H2,1-2H3. The van der Waals surface area contributed by atoms with Crippen molar-refractivity contribution in [1.29, 1.82) is 0 Å². The highest BCUT2D eigenvalue weighted by molar-refractivity contribution is 7.09. The Morgan fingerprint density at radius 2 is 2.00 bits per heavy atom. The zero-order valence-corrected chi connectivity index (χ0v) is 14.3. The predicted octanol–water partition coefficient (Wildman–Crippen LogP) is 3.80. The Bertz CT molecular complexity index is 433. The van der Waals surface area contributed by atoms with Gasteiger partial charge < -0.3 is 5.32 Å². The van der Waals surface area contributed by atoms with E-state index in [4.69, 9.17) is 4.98 Å². The minimum absolute atomic E-state index is 0.766. The maximum absolute atomic E-state index is 4.79. The van der Waals surface area contributed by atoms with Gasteiger partial charge in [0.25, 0.3) is 0 Å². The summed E-state index contributed by atoms with van der Waals surface area (Å²) in [4.78, 5) is 7.32. The number of thiazole rings is 1. The maximum Gasteiger partial charge on any atom is 0.107 e. The second-order valence-corrected chi connectivity index (χ2v) is 7.83. The van der Waals surface area contributed by atoms with Gasteiger partial charge in [-0.1, -0.05) is 13.3 Å². The Balaban J connectivity index is 1.44. The van der Waals surface area contributed by atoms with Crippen LogP contribution in [0.4, 0.5) is 0 Å². The number of nitrogens with one attached hydrogen (secondary N) is 1. The summed E-state index contributed by atoms with van der Waals surface area (Å²) < 4.78 is 0. The van der Waals surface area contributed by atoms with Gasteiger partial charge in [0.1, 0.15) is 5.01 Å². The van der Waals surface area contributed by atoms with Crippen molar-refractivity contribution < 1.29 is 0 Å². The molecule has 3 nitrogen and oxygen atoms in total. The third-order valence-electron chi connectivity index (χ3n) is 5.15. The average Bonchev–Trinajstić information content (AvgIpc) is 3.25. The van der Waals surface area contributed by atoms with E-state index in [-0.39, 0.29) is 0 Å². The molecule has 1 heterocycles. The monoisotopic (exact) mass is 307 g/mol. The molecule has 1 N–H and O–H groups in total. The van der Waals surface area contributed by atoms with Crippen LogP contribution in [-0.2, 0) is 13.1 Å². The van der Waals surface area contributed by atoms with E-state index in [1.165, 1.54) is 55.6 Å². The summed E-state index contributed by atoms with van der Waals surface area (Å²) in [7, 11) is 2.28. The molecule has 1 aromatic rings. The van der Waals surface area contributed by atoms with Gasteiger partial charge in [-0.05, 0) is 51.5 Å². The van der Waals surface area contributed by atoms with Crippen molar-refractivity contribution in [1.82, 2.24) is 15.2 Å². The van der Waals surface area contributed by atoms with E-state index in [0.29, 0.717) is 0 Å². The third kappa shape index (κ3) is 4.51. The summed E-state index contributed by atoms with van der Waals surface area (Å²) in [5.41, 5.74) is 1.26. The van der Waals surface area contributed by atoms with Crippen molar-refractivity contribution in [2.75, 3.05) is 7.05 Å². The minimum Gasteiger partial charge on any atom is -0.308 e. The maximum atomic E-state index is 4.79. The first-order valence-electron chi connectivity index (χ1n) is 8.61. The van der Waals surface area contributed by atoms with Crippen LogP contribution in [0.5, 0.6) is 0 Å². The normalized spacial score (nSPS) is 26.4. The zero-order valence-electron chi connectivity index (χ0n) is 13.5. The topological polar surface area (TPSA) is 28.2 Å². The smallest absolute Gasteiger partial charge is 0.107 e. The Hall–Kier alpha value is -0.450. The molecule has 2 fully saturated rings. The molecule has 2 aliphatic carbocycles. The predicted molar refractivity (Wildman–Crippen MR) is 89.5 cm³/mol. The van der Waals surface area contributed by atoms with Gasteiger partial charge >= 0.3 is 0 Å². The van der Waals surface area contributed by atoms with E-state index in [9.17, 15) is 0 Å². The van der Waals surface area contributed by atoms with Crippen molar-refractivity contribution in [2.24, 2.45) is 5.92 Å². The van der Waals surface area contributed by atoms with Crippen LogP contribution in [0.15, 0.2) is 5.38 Å². The first-order chi connectivity index (χ1) is 10.2. The minimum atomic E-state index is 0.766. The zero-order chi connectivity index (χ0) is 14.7. The van der Waals surface area contributed by atoms with Gasteiger partial charge in [-0.2, -0.15) is 0 Å². The Morgan fingerprint density at radius 1 is 1.24 bits per heavy atom. The Labute approximate surface area is 133 Å². The van der Waals surface area contributed by atoms with Gasteiger partial charge in [0.15, 0.2) is 0 Å². The average molecular weight is 308 g/mol. The summed E-state index contributed by atoms with van der Waals surface area (Å²) in [5.74, 6) is 0.981. The van der Waals surface area contributed by atoms with Crippen LogP contribution in [0.2, 0.25) is 0 Å². The number of hydrogen-bond acceptors (Lipinski definition) is 4. The van der Waals surface area contributed by atoms with Crippen molar-refractivity contribution in [3.8, 4) is 0 Å². The molecule has 1 aromatic heterocycles. The molecule has 0 atom stereocenters. The quantitative estimate of drug-likeness (QED) is 0.830. The van der Waals surface area contributed by atoms with E-state index in [1.807, 2.05) is 11.3 Å². The number of aromatic nitrogens is 1. The molecule has 4 heteroatoms. The Kier molecular flexibility index (Phi) is 5.30. The summed E-state index contributed by atoms with van der Waals surface area (Å²) in [6.07, 6.45) is 9.63. The molecule has 2 saturated carbocycles. The molecule has 2 aliphatic rings. The summed E-state index contributed by atoms with van der Waals surface area (Å²) in [6, 6.07) is 1.54. The van der Waals surface area contributed by atoms with Crippen LogP contribution in [0.3, 0.4) is 0 Å². The summed E-state index contributed by atoms with van der Waals surface area (Å²) >= 11 is 1.81. The van der Waals surface area contributed by atoms with Crippen LogP contribution in [0.25, 0.3) is 0 Å². The highest BCUT2D eigenvalue weighted by Crippen LogP contribution is 2.29. The first-order valence-corrected chi connectivity index (χ1v) is 9.49. The Morgan fingerprint density at radius 3 is 2.67 bits per heavy atom. The van der Waals surface area contributed by atoms with Gasteiger partial charge in [0, 0.05) is 30.6 Å². The van der Waals surface area contributed by atoms with Gasteiger partial charge in [-0.3, -0.25) is 4.90 Å². The molecular weight excluding hydrogens is 278 g/mol. The molecule has 21 heavy (non-hydrogen) atoms. The van der Waals surface area contributed by atoms with Crippen LogP contribution >= 0.6 is 11.3 Å². The van der Waals surface area contributed by atoms with Crippen molar-refractivity contribution in [3.63, 3.8) is 0 Å². The van der Waals surface area contributed by atoms with Crippen LogP contribution in [0.1, 0.15) is 62.6 Å². The van der Waals surface area contributed by atoms with Crippen LogP contribution in [0, 0.1) is 5.92 Å². The molecule has 3 rings (SSSR count). The van der Waals surface area contributed by atoms with Crippen LogP contribution < -0.4 is 5.32 Å². The highest BCUT2D eigenvalue weighted by atomic mass is 32.1. The molecule has 0 amide bonds. The fraction of sp³-hybridized carbons (Fsp3) is 0.824. The van der Waals surface area contributed by atoms with Gasteiger partial charge in [-0.15, -0.1) is 11.3 Å². The van der Waals surface area contributed by atoms with E-state index in [0.717, 1.165) is 31.1 Å². The summed E-state index contributed by atoms with van der Waals surface area (Å²) in [6.45, 7) is 4.31. The summed E-state index contributed by atoms with van der Waals surface area (Å²) in [5, 5.41) is 7.05. The second-order valence-electron chi connectivity index (χ2n) is 6.89. The number of hydrogen-bond donors (Lipinski definition) is 1. The number of rotatable bonds is 7. The molecule has 0 aromatic carbocycles. The van der Waals surface area contributed by atoms with Crippen molar-refractivity contribution in [2.45, 2.75) is 77.0 Å². The van der Waals surface area contributed by atoms with Gasteiger partial charge in [0.2, 0.25) is 0 Å². The highest BCUT2D eigenvalue weighted by Gasteiger charge is 2.24. The van der Waals surface area contributed by atoms with E-state index >= 15 is 0 Å². The molecule has 0 aliphatic heterocycles. The van der Waals surface area contributed by atoms with E-state index in [1.54, 1.807) is 0 Å². The lowest BCUT2D eigenvalue weighted by molar-refractivity contribution is 0.156. The largest absolute Gasteiger partial charge is 0.308 e. The fourth-order valence-corrected chi connectivity index (χ4v) is 4.14. The van der Waals surface area contributed by atoms with E-state index < -0.39 is 0 Å². The van der Waals surface area contributed by atoms with Gasteiger partial charge in [0.05, 0.1) is 5.69 Å². The lowest BCUT2D eigenvalue weighted by Gasteiger charge is -2.34.